The lowest BCUT2D eigenvalue weighted by molar-refractivity contribution is -0.131. The Morgan fingerprint density at radius 3 is 2.91 bits per heavy atom. The molecule has 2 N–H and O–H groups in total. The van der Waals surface area contributed by atoms with E-state index in [1.54, 1.807) is 17.5 Å². The summed E-state index contributed by atoms with van der Waals surface area (Å²) >= 11 is 1.69. The van der Waals surface area contributed by atoms with Gasteiger partial charge in [-0.15, -0.1) is 12.4 Å². The van der Waals surface area contributed by atoms with E-state index in [-0.39, 0.29) is 18.3 Å². The summed E-state index contributed by atoms with van der Waals surface area (Å²) in [4.78, 5) is 12.7. The van der Waals surface area contributed by atoms with Crippen molar-refractivity contribution in [3.05, 3.63) is 40.8 Å². The number of hydrogen-bond acceptors (Lipinski definition) is 4. The Morgan fingerprint density at radius 2 is 2.27 bits per heavy atom. The fourth-order valence-corrected chi connectivity index (χ4v) is 3.55. The molecule has 2 aromatic rings. The van der Waals surface area contributed by atoms with Crippen molar-refractivity contribution < 1.29 is 4.79 Å². The predicted molar refractivity (Wildman–Crippen MR) is 90.6 cm³/mol. The van der Waals surface area contributed by atoms with Gasteiger partial charge >= 0.3 is 0 Å². The van der Waals surface area contributed by atoms with Crippen LogP contribution in [0.2, 0.25) is 0 Å². The average Bonchev–Trinajstić information content (AvgIpc) is 3.21. The highest BCUT2D eigenvalue weighted by atomic mass is 35.5. The number of amides is 1. The molecule has 0 bridgehead atoms. The van der Waals surface area contributed by atoms with Gasteiger partial charge in [-0.25, -0.2) is 0 Å². The molecular weight excluding hydrogens is 320 g/mol. The quantitative estimate of drug-likeness (QED) is 0.872. The highest BCUT2D eigenvalue weighted by Gasteiger charge is 2.41. The molecule has 120 valence electrons. The van der Waals surface area contributed by atoms with E-state index < -0.39 is 5.54 Å². The van der Waals surface area contributed by atoms with E-state index in [0.717, 1.165) is 32.4 Å². The molecule has 0 aliphatic carbocycles. The fraction of sp³-hybridized carbons (Fsp3) is 0.467. The van der Waals surface area contributed by atoms with Crippen molar-refractivity contribution in [2.45, 2.75) is 24.8 Å². The van der Waals surface area contributed by atoms with Crippen molar-refractivity contribution in [3.63, 3.8) is 0 Å². The summed E-state index contributed by atoms with van der Waals surface area (Å²) in [5.74, 6) is 0.0860. The molecular formula is C15H21ClN4OS. The second-order valence-electron chi connectivity index (χ2n) is 5.37. The highest BCUT2D eigenvalue weighted by Crippen LogP contribution is 2.27. The molecule has 1 aliphatic rings. The predicted octanol–water partition coefficient (Wildman–Crippen LogP) is 1.80. The zero-order valence-corrected chi connectivity index (χ0v) is 14.0. The number of carbonyl (C=O) groups is 1. The Hall–Kier alpha value is -1.37. The number of thiophene rings is 1. The van der Waals surface area contributed by atoms with Crippen LogP contribution < -0.4 is 10.6 Å². The van der Waals surface area contributed by atoms with Crippen LogP contribution in [0.15, 0.2) is 35.3 Å². The molecule has 1 fully saturated rings. The van der Waals surface area contributed by atoms with Crippen LogP contribution in [0.4, 0.5) is 0 Å². The van der Waals surface area contributed by atoms with Crippen LogP contribution in [0.25, 0.3) is 0 Å². The molecule has 0 atom stereocenters. The molecule has 1 amide bonds. The van der Waals surface area contributed by atoms with Crippen molar-refractivity contribution in [3.8, 4) is 0 Å². The molecule has 3 rings (SSSR count). The highest BCUT2D eigenvalue weighted by molar-refractivity contribution is 7.07. The first-order valence-electron chi connectivity index (χ1n) is 7.31. The Balaban J connectivity index is 0.00000176. The third kappa shape index (κ3) is 3.51. The molecule has 22 heavy (non-hydrogen) atoms. The van der Waals surface area contributed by atoms with Crippen LogP contribution in [-0.2, 0) is 16.8 Å². The second-order valence-corrected chi connectivity index (χ2v) is 6.15. The summed E-state index contributed by atoms with van der Waals surface area (Å²) in [6.45, 7) is 2.36. The third-order valence-corrected chi connectivity index (χ3v) is 4.81. The van der Waals surface area contributed by atoms with Gasteiger partial charge in [-0.2, -0.15) is 16.4 Å². The van der Waals surface area contributed by atoms with Crippen molar-refractivity contribution in [2.75, 3.05) is 19.6 Å². The number of hydrogen-bond donors (Lipinski definition) is 2. The van der Waals surface area contributed by atoms with Gasteiger partial charge in [-0.1, -0.05) is 0 Å². The molecule has 0 saturated carbocycles. The number of aromatic nitrogens is 2. The number of halogens is 1. The van der Waals surface area contributed by atoms with Crippen LogP contribution in [0, 0.1) is 0 Å². The Kier molecular flexibility index (Phi) is 5.99. The van der Waals surface area contributed by atoms with Gasteiger partial charge in [0.1, 0.15) is 5.54 Å². The largest absolute Gasteiger partial charge is 0.354 e. The summed E-state index contributed by atoms with van der Waals surface area (Å²) < 4.78 is 1.83. The Labute approximate surface area is 140 Å². The minimum atomic E-state index is -0.538. The normalized spacial score (nSPS) is 16.7. The first-order valence-corrected chi connectivity index (χ1v) is 8.26. The standard InChI is InChI=1S/C15H20N4OS.ClH/c20-14(17-7-2-13-3-11-21-12-13)15(4-8-16-9-5-15)19-10-1-6-18-19;/h1,3,6,10-12,16H,2,4-5,7-9H2,(H,17,20);1H. The molecule has 0 unspecified atom stereocenters. The van der Waals surface area contributed by atoms with E-state index in [1.165, 1.54) is 5.56 Å². The van der Waals surface area contributed by atoms with E-state index in [4.69, 9.17) is 0 Å². The maximum Gasteiger partial charge on any atom is 0.248 e. The molecule has 0 spiro atoms. The van der Waals surface area contributed by atoms with Crippen LogP contribution in [-0.4, -0.2) is 35.3 Å². The van der Waals surface area contributed by atoms with Crippen molar-refractivity contribution in [1.29, 1.82) is 0 Å². The van der Waals surface area contributed by atoms with Crippen molar-refractivity contribution in [2.24, 2.45) is 0 Å². The summed E-state index contributed by atoms with van der Waals surface area (Å²) in [5.41, 5.74) is 0.738. The van der Waals surface area contributed by atoms with Gasteiger partial charge in [0.25, 0.3) is 0 Å². The topological polar surface area (TPSA) is 59.0 Å². The maximum atomic E-state index is 12.7. The van der Waals surface area contributed by atoms with E-state index in [9.17, 15) is 4.79 Å². The molecule has 0 aromatic carbocycles. The number of piperidine rings is 1. The zero-order chi connectivity index (χ0) is 14.5. The maximum absolute atomic E-state index is 12.7. The van der Waals surface area contributed by atoms with Gasteiger partial charge in [0.15, 0.2) is 0 Å². The minimum Gasteiger partial charge on any atom is -0.354 e. The number of rotatable bonds is 5. The van der Waals surface area contributed by atoms with E-state index in [2.05, 4.69) is 32.6 Å². The molecule has 2 aromatic heterocycles. The van der Waals surface area contributed by atoms with E-state index in [0.29, 0.717) is 6.54 Å². The molecule has 1 aliphatic heterocycles. The van der Waals surface area contributed by atoms with Crippen LogP contribution in [0.1, 0.15) is 18.4 Å². The van der Waals surface area contributed by atoms with Gasteiger partial charge in [0, 0.05) is 18.9 Å². The lowest BCUT2D eigenvalue weighted by Gasteiger charge is -2.36. The smallest absolute Gasteiger partial charge is 0.248 e. The van der Waals surface area contributed by atoms with Crippen LogP contribution in [0.3, 0.4) is 0 Å². The first kappa shape index (κ1) is 17.0. The second kappa shape index (κ2) is 7.76. The van der Waals surface area contributed by atoms with Gasteiger partial charge in [0.2, 0.25) is 5.91 Å². The van der Waals surface area contributed by atoms with Crippen molar-refractivity contribution in [1.82, 2.24) is 20.4 Å². The van der Waals surface area contributed by atoms with Crippen molar-refractivity contribution >= 4 is 29.7 Å². The lowest BCUT2D eigenvalue weighted by Crippen LogP contribution is -2.54. The lowest BCUT2D eigenvalue weighted by atomic mass is 9.87. The summed E-state index contributed by atoms with van der Waals surface area (Å²) in [7, 11) is 0. The summed E-state index contributed by atoms with van der Waals surface area (Å²) in [6.07, 6.45) is 6.06. The molecule has 1 saturated heterocycles. The van der Waals surface area contributed by atoms with Gasteiger partial charge in [-0.05, 0) is 60.8 Å². The first-order chi connectivity index (χ1) is 10.3. The molecule has 3 heterocycles. The van der Waals surface area contributed by atoms with Gasteiger partial charge in [-0.3, -0.25) is 9.48 Å². The Bertz CT molecular complexity index is 564. The number of nitrogens with zero attached hydrogens (tertiary/aromatic N) is 2. The van der Waals surface area contributed by atoms with Crippen LogP contribution >= 0.6 is 23.7 Å². The fourth-order valence-electron chi connectivity index (χ4n) is 2.84. The van der Waals surface area contributed by atoms with Gasteiger partial charge in [0.05, 0.1) is 0 Å². The number of carbonyl (C=O) groups excluding carboxylic acids is 1. The van der Waals surface area contributed by atoms with Gasteiger partial charge < -0.3 is 10.6 Å². The molecule has 7 heteroatoms. The SMILES string of the molecule is Cl.O=C(NCCc1ccsc1)C1(n2cccn2)CCNCC1. The minimum absolute atomic E-state index is 0. The zero-order valence-electron chi connectivity index (χ0n) is 12.3. The third-order valence-electron chi connectivity index (χ3n) is 4.08. The summed E-state index contributed by atoms with van der Waals surface area (Å²) in [5, 5.41) is 14.9. The van der Waals surface area contributed by atoms with E-state index >= 15 is 0 Å². The van der Waals surface area contributed by atoms with Crippen LogP contribution in [0.5, 0.6) is 0 Å². The average molecular weight is 341 g/mol. The monoisotopic (exact) mass is 340 g/mol. The number of nitrogens with one attached hydrogen (secondary N) is 2. The molecule has 5 nitrogen and oxygen atoms in total. The van der Waals surface area contributed by atoms with E-state index in [1.807, 2.05) is 16.9 Å². The summed E-state index contributed by atoms with van der Waals surface area (Å²) in [6, 6.07) is 3.98. The Morgan fingerprint density at radius 1 is 1.45 bits per heavy atom. The molecule has 0 radical (unpaired) electrons.